The maximum absolute atomic E-state index is 5.58. The second kappa shape index (κ2) is 6.21. The lowest BCUT2D eigenvalue weighted by Gasteiger charge is -2.25. The number of ether oxygens (including phenoxy) is 2. The first-order valence-corrected chi connectivity index (χ1v) is 8.42. The summed E-state index contributed by atoms with van der Waals surface area (Å²) in [5.41, 5.74) is 5.32. The zero-order valence-electron chi connectivity index (χ0n) is 14.2. The second-order valence-electron chi connectivity index (χ2n) is 6.38. The van der Waals surface area contributed by atoms with Crippen LogP contribution in [0.1, 0.15) is 16.8 Å². The van der Waals surface area contributed by atoms with Gasteiger partial charge < -0.3 is 19.4 Å². The van der Waals surface area contributed by atoms with Gasteiger partial charge in [-0.1, -0.05) is 24.3 Å². The number of H-pyrrole nitrogens is 1. The Kier molecular flexibility index (Phi) is 3.90. The van der Waals surface area contributed by atoms with Gasteiger partial charge in [0.2, 0.25) is 0 Å². The number of para-hydroxylation sites is 2. The molecule has 0 aliphatic carbocycles. The zero-order chi connectivity index (χ0) is 16.5. The molecule has 0 saturated heterocycles. The number of aromatic nitrogens is 1. The Hall–Kier alpha value is -2.46. The van der Waals surface area contributed by atoms with Crippen molar-refractivity contribution in [3.05, 3.63) is 59.3 Å². The van der Waals surface area contributed by atoms with Crippen LogP contribution in [0.3, 0.4) is 0 Å². The van der Waals surface area contributed by atoms with Gasteiger partial charge in [0.15, 0.2) is 11.5 Å². The summed E-state index contributed by atoms with van der Waals surface area (Å²) in [6, 6.07) is 14.7. The number of quaternary nitrogens is 1. The lowest BCUT2D eigenvalue weighted by atomic mass is 10.0. The van der Waals surface area contributed by atoms with E-state index in [1.54, 1.807) is 19.1 Å². The molecule has 1 aromatic heterocycles. The lowest BCUT2D eigenvalue weighted by molar-refractivity contribution is -0.929. The van der Waals surface area contributed by atoms with Crippen molar-refractivity contribution in [2.45, 2.75) is 19.5 Å². The molecule has 4 rings (SSSR count). The molecule has 0 bridgehead atoms. The normalized spacial score (nSPS) is 16.8. The van der Waals surface area contributed by atoms with E-state index in [4.69, 9.17) is 9.47 Å². The maximum Gasteiger partial charge on any atom is 0.169 e. The standard InChI is InChI=1S/C20H22N2O2/c1-23-19-9-5-6-14(20(19)24-2)12-22-11-10-16-15-7-3-4-8-17(15)21-18(16)13-22/h3-9,21H,10-13H2,1-2H3/p+1. The second-order valence-corrected chi connectivity index (χ2v) is 6.38. The zero-order valence-corrected chi connectivity index (χ0v) is 14.2. The van der Waals surface area contributed by atoms with Crippen LogP contribution in [0.5, 0.6) is 11.5 Å². The fourth-order valence-electron chi connectivity index (χ4n) is 3.85. The summed E-state index contributed by atoms with van der Waals surface area (Å²) >= 11 is 0. The van der Waals surface area contributed by atoms with Gasteiger partial charge in [0.05, 0.1) is 32.0 Å². The molecule has 124 valence electrons. The highest BCUT2D eigenvalue weighted by molar-refractivity contribution is 5.84. The molecule has 4 heteroatoms. The van der Waals surface area contributed by atoms with E-state index in [1.165, 1.54) is 27.7 Å². The van der Waals surface area contributed by atoms with Gasteiger partial charge in [-0.15, -0.1) is 0 Å². The smallest absolute Gasteiger partial charge is 0.169 e. The van der Waals surface area contributed by atoms with Crippen LogP contribution in [0.15, 0.2) is 42.5 Å². The molecule has 2 N–H and O–H groups in total. The van der Waals surface area contributed by atoms with Crippen molar-refractivity contribution in [3.63, 3.8) is 0 Å². The van der Waals surface area contributed by atoms with Crippen LogP contribution in [0, 0.1) is 0 Å². The average Bonchev–Trinajstić information content (AvgIpc) is 2.99. The monoisotopic (exact) mass is 323 g/mol. The Morgan fingerprint density at radius 1 is 1.04 bits per heavy atom. The highest BCUT2D eigenvalue weighted by Crippen LogP contribution is 2.30. The number of benzene rings is 2. The average molecular weight is 323 g/mol. The van der Waals surface area contributed by atoms with Gasteiger partial charge in [-0.25, -0.2) is 0 Å². The maximum atomic E-state index is 5.58. The number of hydrogen-bond acceptors (Lipinski definition) is 2. The van der Waals surface area contributed by atoms with Crippen LogP contribution in [0.4, 0.5) is 0 Å². The summed E-state index contributed by atoms with van der Waals surface area (Å²) < 4.78 is 11.0. The number of methoxy groups -OCH3 is 2. The lowest BCUT2D eigenvalue weighted by Crippen LogP contribution is -3.10. The van der Waals surface area contributed by atoms with Gasteiger partial charge in [0, 0.05) is 17.3 Å². The van der Waals surface area contributed by atoms with Gasteiger partial charge in [-0.2, -0.15) is 0 Å². The first-order chi connectivity index (χ1) is 11.8. The quantitative estimate of drug-likeness (QED) is 0.773. The molecule has 1 aliphatic heterocycles. The van der Waals surface area contributed by atoms with Gasteiger partial charge >= 0.3 is 0 Å². The van der Waals surface area contributed by atoms with Gasteiger partial charge in [0.1, 0.15) is 13.1 Å². The first-order valence-electron chi connectivity index (χ1n) is 8.42. The van der Waals surface area contributed by atoms with Crippen molar-refractivity contribution in [1.82, 2.24) is 4.98 Å². The number of aromatic amines is 1. The van der Waals surface area contributed by atoms with E-state index < -0.39 is 0 Å². The van der Waals surface area contributed by atoms with Gasteiger partial charge in [-0.05, 0) is 23.8 Å². The fraction of sp³-hybridized carbons (Fsp3) is 0.300. The van der Waals surface area contributed by atoms with Crippen molar-refractivity contribution in [2.24, 2.45) is 0 Å². The van der Waals surface area contributed by atoms with Crippen LogP contribution in [0.2, 0.25) is 0 Å². The first kappa shape index (κ1) is 15.1. The van der Waals surface area contributed by atoms with Crippen molar-refractivity contribution >= 4 is 10.9 Å². The molecule has 0 radical (unpaired) electrons. The highest BCUT2D eigenvalue weighted by Gasteiger charge is 2.24. The third kappa shape index (κ3) is 2.53. The molecule has 4 nitrogen and oxygen atoms in total. The predicted octanol–water partition coefficient (Wildman–Crippen LogP) is 2.33. The number of rotatable bonds is 4. The molecule has 24 heavy (non-hydrogen) atoms. The summed E-state index contributed by atoms with van der Waals surface area (Å²) in [5.74, 6) is 1.66. The molecule has 1 unspecified atom stereocenters. The number of hydrogen-bond donors (Lipinski definition) is 2. The van der Waals surface area contributed by atoms with Gasteiger partial charge in [0.25, 0.3) is 0 Å². The topological polar surface area (TPSA) is 38.7 Å². The number of fused-ring (bicyclic) bond motifs is 3. The van der Waals surface area contributed by atoms with E-state index in [0.717, 1.165) is 37.6 Å². The van der Waals surface area contributed by atoms with Crippen LogP contribution in [-0.4, -0.2) is 25.7 Å². The molecule has 0 saturated carbocycles. The molecular weight excluding hydrogens is 300 g/mol. The predicted molar refractivity (Wildman–Crippen MR) is 94.8 cm³/mol. The van der Waals surface area contributed by atoms with Gasteiger partial charge in [-0.3, -0.25) is 0 Å². The SMILES string of the molecule is COc1cccc(C[NH+]2CCc3c([nH]c4ccccc34)C2)c1OC. The van der Waals surface area contributed by atoms with E-state index in [0.29, 0.717) is 0 Å². The minimum atomic E-state index is 0.803. The van der Waals surface area contributed by atoms with E-state index in [9.17, 15) is 0 Å². The van der Waals surface area contributed by atoms with Crippen LogP contribution < -0.4 is 14.4 Å². The van der Waals surface area contributed by atoms with Crippen molar-refractivity contribution in [1.29, 1.82) is 0 Å². The minimum Gasteiger partial charge on any atom is -0.493 e. The third-order valence-corrected chi connectivity index (χ3v) is 4.98. The van der Waals surface area contributed by atoms with E-state index in [1.807, 2.05) is 12.1 Å². The Morgan fingerprint density at radius 3 is 2.75 bits per heavy atom. The summed E-state index contributed by atoms with van der Waals surface area (Å²) in [5, 5.41) is 1.38. The summed E-state index contributed by atoms with van der Waals surface area (Å²) in [6.45, 7) is 3.09. The minimum absolute atomic E-state index is 0.803. The Labute approximate surface area is 142 Å². The highest BCUT2D eigenvalue weighted by atomic mass is 16.5. The van der Waals surface area contributed by atoms with E-state index in [2.05, 4.69) is 35.3 Å². The Balaban J connectivity index is 1.60. The molecule has 1 aliphatic rings. The third-order valence-electron chi connectivity index (χ3n) is 4.98. The van der Waals surface area contributed by atoms with Crippen LogP contribution in [-0.2, 0) is 19.5 Å². The number of nitrogens with one attached hydrogen (secondary N) is 2. The molecule has 0 amide bonds. The Morgan fingerprint density at radius 2 is 1.92 bits per heavy atom. The van der Waals surface area contributed by atoms with Crippen LogP contribution >= 0.6 is 0 Å². The largest absolute Gasteiger partial charge is 0.493 e. The van der Waals surface area contributed by atoms with E-state index >= 15 is 0 Å². The molecule has 3 aromatic rings. The van der Waals surface area contributed by atoms with Crippen molar-refractivity contribution in [3.8, 4) is 11.5 Å². The van der Waals surface area contributed by atoms with Crippen molar-refractivity contribution < 1.29 is 14.4 Å². The molecular formula is C20H23N2O2+. The van der Waals surface area contributed by atoms with Crippen molar-refractivity contribution in [2.75, 3.05) is 20.8 Å². The molecule has 0 fully saturated rings. The summed E-state index contributed by atoms with van der Waals surface area (Å²) in [7, 11) is 3.40. The molecule has 2 aromatic carbocycles. The molecule has 2 heterocycles. The summed E-state index contributed by atoms with van der Waals surface area (Å²) in [6.07, 6.45) is 1.11. The van der Waals surface area contributed by atoms with E-state index in [-0.39, 0.29) is 0 Å². The van der Waals surface area contributed by atoms with Crippen LogP contribution in [0.25, 0.3) is 10.9 Å². The molecule has 1 atom stereocenters. The fourth-order valence-corrected chi connectivity index (χ4v) is 3.85. The summed E-state index contributed by atoms with van der Waals surface area (Å²) in [4.78, 5) is 5.15. The molecule has 0 spiro atoms. The Bertz CT molecular complexity index is 869.